The first-order chi connectivity index (χ1) is 6.83. The molecule has 0 radical (unpaired) electrons. The van der Waals surface area contributed by atoms with Crippen molar-refractivity contribution in [3.8, 4) is 0 Å². The van der Waals surface area contributed by atoms with Crippen molar-refractivity contribution >= 4 is 5.82 Å². The third-order valence-electron chi connectivity index (χ3n) is 2.83. The SMILES string of the molecule is CC1(c2cc(N)n(C(C)(C)C)n2)COC1. The minimum atomic E-state index is -0.0662. The molecule has 2 heterocycles. The van der Waals surface area contributed by atoms with Crippen LogP contribution in [0.3, 0.4) is 0 Å². The smallest absolute Gasteiger partial charge is 0.122 e. The van der Waals surface area contributed by atoms with Crippen molar-refractivity contribution in [2.24, 2.45) is 0 Å². The molecular formula is C11H19N3O. The molecule has 2 N–H and O–H groups in total. The van der Waals surface area contributed by atoms with Crippen LogP contribution in [-0.4, -0.2) is 23.0 Å². The van der Waals surface area contributed by atoms with Gasteiger partial charge in [0.1, 0.15) is 5.82 Å². The molecule has 15 heavy (non-hydrogen) atoms. The first-order valence-corrected chi connectivity index (χ1v) is 5.27. The third-order valence-corrected chi connectivity index (χ3v) is 2.83. The average Bonchev–Trinajstić information content (AvgIpc) is 2.42. The van der Waals surface area contributed by atoms with Crippen molar-refractivity contribution in [1.29, 1.82) is 0 Å². The lowest BCUT2D eigenvalue weighted by Gasteiger charge is -2.36. The molecule has 84 valence electrons. The highest BCUT2D eigenvalue weighted by Crippen LogP contribution is 2.33. The lowest BCUT2D eigenvalue weighted by atomic mass is 9.85. The van der Waals surface area contributed by atoms with Crippen molar-refractivity contribution in [2.75, 3.05) is 18.9 Å². The lowest BCUT2D eigenvalue weighted by Crippen LogP contribution is -2.44. The summed E-state index contributed by atoms with van der Waals surface area (Å²) in [6.07, 6.45) is 0. The monoisotopic (exact) mass is 209 g/mol. The molecule has 0 saturated carbocycles. The molecule has 1 aliphatic rings. The van der Waals surface area contributed by atoms with Crippen molar-refractivity contribution in [3.05, 3.63) is 11.8 Å². The van der Waals surface area contributed by atoms with Crippen LogP contribution in [-0.2, 0) is 15.7 Å². The van der Waals surface area contributed by atoms with E-state index >= 15 is 0 Å². The van der Waals surface area contributed by atoms with Crippen molar-refractivity contribution in [1.82, 2.24) is 9.78 Å². The Morgan fingerprint density at radius 1 is 1.47 bits per heavy atom. The number of hydrogen-bond donors (Lipinski definition) is 1. The van der Waals surface area contributed by atoms with Crippen LogP contribution in [0.5, 0.6) is 0 Å². The number of ether oxygens (including phenoxy) is 1. The van der Waals surface area contributed by atoms with Crippen molar-refractivity contribution < 1.29 is 4.74 Å². The van der Waals surface area contributed by atoms with E-state index in [-0.39, 0.29) is 11.0 Å². The van der Waals surface area contributed by atoms with E-state index < -0.39 is 0 Å². The minimum absolute atomic E-state index is 0.0601. The van der Waals surface area contributed by atoms with Crippen LogP contribution in [0.4, 0.5) is 5.82 Å². The number of rotatable bonds is 1. The summed E-state index contributed by atoms with van der Waals surface area (Å²) >= 11 is 0. The van der Waals surface area contributed by atoms with Crippen LogP contribution in [0.2, 0.25) is 0 Å². The number of anilines is 1. The maximum Gasteiger partial charge on any atom is 0.122 e. The Kier molecular flexibility index (Phi) is 2.08. The molecule has 0 aliphatic carbocycles. The topological polar surface area (TPSA) is 53.1 Å². The van der Waals surface area contributed by atoms with Gasteiger partial charge in [0, 0.05) is 6.07 Å². The maximum atomic E-state index is 5.96. The molecule has 1 saturated heterocycles. The van der Waals surface area contributed by atoms with Gasteiger partial charge in [0.2, 0.25) is 0 Å². The van der Waals surface area contributed by atoms with E-state index in [1.807, 2.05) is 10.7 Å². The van der Waals surface area contributed by atoms with Gasteiger partial charge in [-0.05, 0) is 27.7 Å². The Hall–Kier alpha value is -1.03. The van der Waals surface area contributed by atoms with Gasteiger partial charge in [-0.3, -0.25) is 0 Å². The van der Waals surface area contributed by atoms with E-state index in [1.54, 1.807) is 0 Å². The summed E-state index contributed by atoms with van der Waals surface area (Å²) in [5.74, 6) is 0.727. The third kappa shape index (κ3) is 1.63. The van der Waals surface area contributed by atoms with E-state index in [0.29, 0.717) is 0 Å². The highest BCUT2D eigenvalue weighted by Gasteiger charge is 2.38. The Labute approximate surface area is 90.4 Å². The Morgan fingerprint density at radius 3 is 2.40 bits per heavy atom. The number of aromatic nitrogens is 2. The fourth-order valence-corrected chi connectivity index (χ4v) is 1.78. The van der Waals surface area contributed by atoms with Crippen LogP contribution in [0.15, 0.2) is 6.07 Å². The quantitative estimate of drug-likeness (QED) is 0.762. The van der Waals surface area contributed by atoms with Gasteiger partial charge in [0.05, 0.1) is 29.9 Å². The van der Waals surface area contributed by atoms with Crippen LogP contribution in [0, 0.1) is 0 Å². The van der Waals surface area contributed by atoms with Crippen molar-refractivity contribution in [3.63, 3.8) is 0 Å². The van der Waals surface area contributed by atoms with Gasteiger partial charge in [-0.15, -0.1) is 0 Å². The van der Waals surface area contributed by atoms with Crippen molar-refractivity contribution in [2.45, 2.75) is 38.6 Å². The first-order valence-electron chi connectivity index (χ1n) is 5.27. The highest BCUT2D eigenvalue weighted by atomic mass is 16.5. The van der Waals surface area contributed by atoms with Gasteiger partial charge in [0.15, 0.2) is 0 Å². The Morgan fingerprint density at radius 2 is 2.07 bits per heavy atom. The predicted octanol–water partition coefficient (Wildman–Crippen LogP) is 1.51. The first kappa shape index (κ1) is 10.5. The number of hydrogen-bond acceptors (Lipinski definition) is 3. The molecule has 1 fully saturated rings. The predicted molar refractivity (Wildman–Crippen MR) is 59.8 cm³/mol. The summed E-state index contributed by atoms with van der Waals surface area (Å²) in [4.78, 5) is 0. The second-order valence-corrected chi connectivity index (χ2v) is 5.59. The summed E-state index contributed by atoms with van der Waals surface area (Å²) in [5, 5.41) is 4.59. The molecule has 2 rings (SSSR count). The fourth-order valence-electron chi connectivity index (χ4n) is 1.78. The van der Waals surface area contributed by atoms with E-state index in [1.165, 1.54) is 0 Å². The molecule has 4 heteroatoms. The fraction of sp³-hybridized carbons (Fsp3) is 0.727. The van der Waals surface area contributed by atoms with Gasteiger partial charge in [0.25, 0.3) is 0 Å². The molecule has 0 amide bonds. The van der Waals surface area contributed by atoms with E-state index in [2.05, 4.69) is 32.8 Å². The van der Waals surface area contributed by atoms with E-state index in [4.69, 9.17) is 10.5 Å². The maximum absolute atomic E-state index is 5.96. The molecule has 1 aromatic heterocycles. The van der Waals surface area contributed by atoms with Crippen LogP contribution in [0.25, 0.3) is 0 Å². The second kappa shape index (κ2) is 2.98. The second-order valence-electron chi connectivity index (χ2n) is 5.59. The average molecular weight is 209 g/mol. The van der Waals surface area contributed by atoms with E-state index in [0.717, 1.165) is 24.7 Å². The standard InChI is InChI=1S/C11H19N3O/c1-10(2,3)14-9(12)5-8(13-14)11(4)6-15-7-11/h5H,6-7,12H2,1-4H3. The lowest BCUT2D eigenvalue weighted by molar-refractivity contribution is -0.0525. The largest absolute Gasteiger partial charge is 0.384 e. The zero-order valence-corrected chi connectivity index (χ0v) is 9.87. The summed E-state index contributed by atoms with van der Waals surface area (Å²) in [6.45, 7) is 9.94. The molecule has 0 aromatic carbocycles. The molecular weight excluding hydrogens is 190 g/mol. The molecule has 1 aromatic rings. The van der Waals surface area contributed by atoms with Gasteiger partial charge >= 0.3 is 0 Å². The zero-order valence-electron chi connectivity index (χ0n) is 9.87. The van der Waals surface area contributed by atoms with Crippen LogP contribution in [0.1, 0.15) is 33.4 Å². The summed E-state index contributed by atoms with van der Waals surface area (Å²) in [6, 6.07) is 1.97. The number of nitrogens with zero attached hydrogens (tertiary/aromatic N) is 2. The molecule has 1 aliphatic heterocycles. The molecule has 0 spiro atoms. The number of nitrogens with two attached hydrogens (primary N) is 1. The minimum Gasteiger partial charge on any atom is -0.384 e. The van der Waals surface area contributed by atoms with Crippen LogP contribution < -0.4 is 5.73 Å². The molecule has 0 unspecified atom stereocenters. The van der Waals surface area contributed by atoms with Gasteiger partial charge in [-0.25, -0.2) is 4.68 Å². The normalized spacial score (nSPS) is 20.0. The molecule has 0 bridgehead atoms. The molecule has 4 nitrogen and oxygen atoms in total. The zero-order chi connectivity index (χ0) is 11.3. The summed E-state index contributed by atoms with van der Waals surface area (Å²) in [7, 11) is 0. The summed E-state index contributed by atoms with van der Waals surface area (Å²) < 4.78 is 7.12. The Bertz CT molecular complexity index is 372. The van der Waals surface area contributed by atoms with Gasteiger partial charge in [-0.1, -0.05) is 0 Å². The van der Waals surface area contributed by atoms with E-state index in [9.17, 15) is 0 Å². The van der Waals surface area contributed by atoms with Gasteiger partial charge in [-0.2, -0.15) is 5.10 Å². The summed E-state index contributed by atoms with van der Waals surface area (Å²) in [5.41, 5.74) is 7.00. The molecule has 0 atom stereocenters. The van der Waals surface area contributed by atoms with Crippen LogP contribution >= 0.6 is 0 Å². The van der Waals surface area contributed by atoms with Gasteiger partial charge < -0.3 is 10.5 Å². The Balaban J connectivity index is 2.37. The number of nitrogen functional groups attached to an aromatic ring is 1. The highest BCUT2D eigenvalue weighted by molar-refractivity contribution is 5.36.